The van der Waals surface area contributed by atoms with Crippen LogP contribution in [-0.4, -0.2) is 44.2 Å². The second kappa shape index (κ2) is 5.72. The summed E-state index contributed by atoms with van der Waals surface area (Å²) in [5.41, 5.74) is 2.66. The molecule has 0 amide bonds. The minimum atomic E-state index is 0.288. The Labute approximate surface area is 110 Å². The zero-order chi connectivity index (χ0) is 13.1. The molecule has 1 aromatic carbocycles. The third-order valence-electron chi connectivity index (χ3n) is 3.65. The molecule has 0 aliphatic carbocycles. The fourth-order valence-corrected chi connectivity index (χ4v) is 2.20. The first-order valence-corrected chi connectivity index (χ1v) is 6.69. The van der Waals surface area contributed by atoms with E-state index in [0.29, 0.717) is 6.04 Å². The third kappa shape index (κ3) is 3.24. The molecule has 1 aromatic rings. The van der Waals surface area contributed by atoms with Gasteiger partial charge in [0.25, 0.3) is 0 Å². The van der Waals surface area contributed by atoms with Crippen molar-refractivity contribution in [1.29, 1.82) is 0 Å². The van der Waals surface area contributed by atoms with Gasteiger partial charge in [0.05, 0.1) is 0 Å². The molecule has 2 unspecified atom stereocenters. The summed E-state index contributed by atoms with van der Waals surface area (Å²) in [7, 11) is 4.22. The van der Waals surface area contributed by atoms with Gasteiger partial charge in [-0.2, -0.15) is 0 Å². The van der Waals surface area contributed by atoms with E-state index >= 15 is 0 Å². The lowest BCUT2D eigenvalue weighted by Gasteiger charge is -2.21. The molecule has 2 atom stereocenters. The molecule has 0 radical (unpaired) electrons. The van der Waals surface area contributed by atoms with Crippen LogP contribution in [0.4, 0.5) is 0 Å². The van der Waals surface area contributed by atoms with E-state index in [1.807, 2.05) is 0 Å². The van der Waals surface area contributed by atoms with Gasteiger partial charge in [-0.1, -0.05) is 17.7 Å². The summed E-state index contributed by atoms with van der Waals surface area (Å²) < 4.78 is 5.93. The molecular weight excluding hydrogens is 224 g/mol. The number of hydrogen-bond acceptors (Lipinski definition) is 3. The predicted octanol–water partition coefficient (Wildman–Crippen LogP) is 1.84. The van der Waals surface area contributed by atoms with Crippen molar-refractivity contribution in [2.45, 2.75) is 32.4 Å². The topological polar surface area (TPSA) is 24.5 Å². The third-order valence-corrected chi connectivity index (χ3v) is 3.65. The lowest BCUT2D eigenvalue weighted by Crippen LogP contribution is -2.39. The fourth-order valence-electron chi connectivity index (χ4n) is 2.20. The Balaban J connectivity index is 1.78. The maximum atomic E-state index is 5.93. The van der Waals surface area contributed by atoms with E-state index in [4.69, 9.17) is 4.74 Å². The van der Waals surface area contributed by atoms with Crippen LogP contribution in [0.3, 0.4) is 0 Å². The Bertz CT molecular complexity index is 403. The molecule has 3 heteroatoms. The van der Waals surface area contributed by atoms with Crippen molar-refractivity contribution in [3.8, 4) is 5.75 Å². The van der Waals surface area contributed by atoms with Gasteiger partial charge < -0.3 is 15.0 Å². The van der Waals surface area contributed by atoms with Crippen LogP contribution in [0.15, 0.2) is 18.2 Å². The maximum Gasteiger partial charge on any atom is 0.123 e. The number of aryl methyl sites for hydroxylation is 1. The number of ether oxygens (including phenoxy) is 1. The maximum absolute atomic E-state index is 5.93. The molecule has 0 aromatic heterocycles. The van der Waals surface area contributed by atoms with Gasteiger partial charge in [-0.05, 0) is 39.6 Å². The molecule has 0 saturated heterocycles. The molecular formula is C15H24N2O. The first-order valence-electron chi connectivity index (χ1n) is 6.69. The molecule has 1 aliphatic heterocycles. The molecule has 0 fully saturated rings. The summed E-state index contributed by atoms with van der Waals surface area (Å²) in [4.78, 5) is 2.22. The van der Waals surface area contributed by atoms with Crippen molar-refractivity contribution in [3.05, 3.63) is 29.3 Å². The summed E-state index contributed by atoms with van der Waals surface area (Å²) in [5, 5.41) is 3.49. The van der Waals surface area contributed by atoms with Crippen LogP contribution in [0.2, 0.25) is 0 Å². The second-order valence-electron chi connectivity index (χ2n) is 5.53. The number of hydrogen-bond donors (Lipinski definition) is 1. The van der Waals surface area contributed by atoms with Crippen molar-refractivity contribution >= 4 is 0 Å². The van der Waals surface area contributed by atoms with Crippen molar-refractivity contribution in [2.24, 2.45) is 0 Å². The average Bonchev–Trinajstić information content (AvgIpc) is 2.70. The highest BCUT2D eigenvalue weighted by Gasteiger charge is 2.22. The molecule has 0 saturated carbocycles. The Kier molecular flexibility index (Phi) is 4.25. The van der Waals surface area contributed by atoms with E-state index in [1.54, 1.807) is 0 Å². The monoisotopic (exact) mass is 248 g/mol. The van der Waals surface area contributed by atoms with Gasteiger partial charge >= 0.3 is 0 Å². The van der Waals surface area contributed by atoms with Gasteiger partial charge in [-0.15, -0.1) is 0 Å². The van der Waals surface area contributed by atoms with Crippen molar-refractivity contribution in [3.63, 3.8) is 0 Å². The van der Waals surface area contributed by atoms with Crippen LogP contribution in [0, 0.1) is 6.92 Å². The lowest BCUT2D eigenvalue weighted by molar-refractivity contribution is 0.219. The smallest absolute Gasteiger partial charge is 0.123 e. The Hall–Kier alpha value is -1.06. The fraction of sp³-hybridized carbons (Fsp3) is 0.600. The minimum Gasteiger partial charge on any atom is -0.488 e. The van der Waals surface area contributed by atoms with Gasteiger partial charge in [0.2, 0.25) is 0 Å². The first-order chi connectivity index (χ1) is 8.56. The van der Waals surface area contributed by atoms with Crippen LogP contribution in [-0.2, 0) is 6.42 Å². The van der Waals surface area contributed by atoms with Crippen LogP contribution >= 0.6 is 0 Å². The normalized spacial score (nSPS) is 19.7. The van der Waals surface area contributed by atoms with Crippen LogP contribution < -0.4 is 10.1 Å². The lowest BCUT2D eigenvalue weighted by atomic mass is 10.1. The van der Waals surface area contributed by atoms with E-state index in [1.165, 1.54) is 11.1 Å². The Morgan fingerprint density at radius 1 is 1.44 bits per heavy atom. The molecule has 0 spiro atoms. The van der Waals surface area contributed by atoms with Gasteiger partial charge in [-0.25, -0.2) is 0 Å². The van der Waals surface area contributed by atoms with E-state index < -0.39 is 0 Å². The Morgan fingerprint density at radius 3 is 2.94 bits per heavy atom. The van der Waals surface area contributed by atoms with E-state index in [9.17, 15) is 0 Å². The van der Waals surface area contributed by atoms with E-state index in [-0.39, 0.29) is 6.10 Å². The number of benzene rings is 1. The molecule has 2 rings (SSSR count). The number of rotatable bonds is 5. The second-order valence-corrected chi connectivity index (χ2v) is 5.53. The zero-order valence-electron chi connectivity index (χ0n) is 11.9. The van der Waals surface area contributed by atoms with Gasteiger partial charge in [-0.3, -0.25) is 0 Å². The van der Waals surface area contributed by atoms with Gasteiger partial charge in [0, 0.05) is 25.6 Å². The summed E-state index contributed by atoms with van der Waals surface area (Å²) in [5.74, 6) is 1.06. The molecule has 1 heterocycles. The van der Waals surface area contributed by atoms with Crippen LogP contribution in [0.25, 0.3) is 0 Å². The van der Waals surface area contributed by atoms with Gasteiger partial charge in [0.15, 0.2) is 0 Å². The molecule has 100 valence electrons. The Morgan fingerprint density at radius 2 is 2.22 bits per heavy atom. The number of nitrogens with one attached hydrogen (secondary N) is 1. The SMILES string of the molecule is Cc1ccc2c(c1)CC(CNCC(C)N(C)C)O2. The average molecular weight is 248 g/mol. The summed E-state index contributed by atoms with van der Waals surface area (Å²) in [6.07, 6.45) is 1.32. The number of nitrogens with zero attached hydrogens (tertiary/aromatic N) is 1. The highest BCUT2D eigenvalue weighted by atomic mass is 16.5. The van der Waals surface area contributed by atoms with E-state index in [2.05, 4.69) is 56.4 Å². The number of likely N-dealkylation sites (N-methyl/N-ethyl adjacent to an activating group) is 1. The molecule has 1 aliphatic rings. The zero-order valence-corrected chi connectivity index (χ0v) is 11.9. The largest absolute Gasteiger partial charge is 0.488 e. The van der Waals surface area contributed by atoms with Crippen molar-refractivity contribution in [2.75, 3.05) is 27.2 Å². The van der Waals surface area contributed by atoms with E-state index in [0.717, 1.165) is 25.3 Å². The van der Waals surface area contributed by atoms with Crippen LogP contribution in [0.5, 0.6) is 5.75 Å². The molecule has 0 bridgehead atoms. The molecule has 1 N–H and O–H groups in total. The summed E-state index contributed by atoms with van der Waals surface area (Å²) >= 11 is 0. The highest BCUT2D eigenvalue weighted by Crippen LogP contribution is 2.29. The first kappa shape index (κ1) is 13.4. The molecule has 3 nitrogen and oxygen atoms in total. The van der Waals surface area contributed by atoms with Gasteiger partial charge in [0.1, 0.15) is 11.9 Å². The van der Waals surface area contributed by atoms with Crippen molar-refractivity contribution < 1.29 is 4.74 Å². The highest BCUT2D eigenvalue weighted by molar-refractivity contribution is 5.40. The molecule has 18 heavy (non-hydrogen) atoms. The summed E-state index contributed by atoms with van der Waals surface area (Å²) in [6.45, 7) is 6.28. The quantitative estimate of drug-likeness (QED) is 0.860. The predicted molar refractivity (Wildman–Crippen MR) is 75.3 cm³/mol. The van der Waals surface area contributed by atoms with Crippen molar-refractivity contribution in [1.82, 2.24) is 10.2 Å². The summed E-state index contributed by atoms with van der Waals surface area (Å²) in [6, 6.07) is 6.99. The standard InChI is InChI=1S/C15H24N2O/c1-11-5-6-15-13(7-11)8-14(18-15)10-16-9-12(2)17(3)4/h5-7,12,14,16H,8-10H2,1-4H3. The number of fused-ring (bicyclic) bond motifs is 1. The minimum absolute atomic E-state index is 0.288. The van der Waals surface area contributed by atoms with Crippen LogP contribution in [0.1, 0.15) is 18.1 Å².